The largest absolute Gasteiger partial charge is 0.348 e. The van der Waals surface area contributed by atoms with Crippen LogP contribution in [0.2, 0.25) is 5.02 Å². The quantitative estimate of drug-likeness (QED) is 0.898. The zero-order valence-electron chi connectivity index (χ0n) is 10.1. The zero-order valence-corrected chi connectivity index (χ0v) is 10.9. The van der Waals surface area contributed by atoms with Crippen LogP contribution < -0.4 is 5.32 Å². The molecule has 0 aliphatic heterocycles. The highest BCUT2D eigenvalue weighted by Gasteiger charge is 2.14. The van der Waals surface area contributed by atoms with Gasteiger partial charge in [-0.05, 0) is 39.2 Å². The van der Waals surface area contributed by atoms with Crippen LogP contribution in [0.25, 0.3) is 0 Å². The first-order valence-electron chi connectivity index (χ1n) is 5.31. The monoisotopic (exact) mass is 258 g/mol. The van der Waals surface area contributed by atoms with E-state index < -0.39 is 11.7 Å². The Kier molecular flexibility index (Phi) is 4.90. The third-order valence-electron chi connectivity index (χ3n) is 2.19. The van der Waals surface area contributed by atoms with Gasteiger partial charge in [-0.1, -0.05) is 11.6 Å². The van der Waals surface area contributed by atoms with Gasteiger partial charge in [0.2, 0.25) is 0 Å². The van der Waals surface area contributed by atoms with E-state index in [1.807, 2.05) is 25.9 Å². The molecule has 3 nitrogen and oxygen atoms in total. The van der Waals surface area contributed by atoms with Crippen LogP contribution in [0.1, 0.15) is 17.3 Å². The lowest BCUT2D eigenvalue weighted by molar-refractivity contribution is 0.0930. The number of hydrogen-bond donors (Lipinski definition) is 1. The summed E-state index contributed by atoms with van der Waals surface area (Å²) in [5, 5.41) is 3.06. The van der Waals surface area contributed by atoms with Crippen molar-refractivity contribution in [2.75, 3.05) is 20.6 Å². The first-order valence-corrected chi connectivity index (χ1v) is 5.68. The maximum atomic E-state index is 13.4. The molecule has 0 aliphatic carbocycles. The van der Waals surface area contributed by atoms with Crippen LogP contribution in [0.15, 0.2) is 18.2 Å². The Bertz CT molecular complexity index is 409. The first-order chi connectivity index (χ1) is 7.90. The first kappa shape index (κ1) is 13.9. The van der Waals surface area contributed by atoms with E-state index in [-0.39, 0.29) is 11.6 Å². The van der Waals surface area contributed by atoms with Crippen molar-refractivity contribution in [2.24, 2.45) is 0 Å². The molecule has 0 aromatic heterocycles. The molecular weight excluding hydrogens is 243 g/mol. The molecule has 17 heavy (non-hydrogen) atoms. The van der Waals surface area contributed by atoms with E-state index >= 15 is 0 Å². The second-order valence-corrected chi connectivity index (χ2v) is 4.70. The van der Waals surface area contributed by atoms with Crippen LogP contribution in [-0.2, 0) is 0 Å². The van der Waals surface area contributed by atoms with Crippen molar-refractivity contribution in [3.05, 3.63) is 34.6 Å². The highest BCUT2D eigenvalue weighted by molar-refractivity contribution is 6.31. The molecule has 0 heterocycles. The molecule has 1 amide bonds. The molecule has 94 valence electrons. The second kappa shape index (κ2) is 5.98. The minimum Gasteiger partial charge on any atom is -0.348 e. The molecule has 0 spiro atoms. The summed E-state index contributed by atoms with van der Waals surface area (Å²) in [4.78, 5) is 13.7. The maximum absolute atomic E-state index is 13.4. The lowest BCUT2D eigenvalue weighted by Gasteiger charge is -2.18. The second-order valence-electron chi connectivity index (χ2n) is 4.26. The SMILES string of the molecule is CC(CN(C)C)NC(=O)c1cc(Cl)ccc1F. The molecule has 5 heteroatoms. The van der Waals surface area contributed by atoms with Crippen molar-refractivity contribution < 1.29 is 9.18 Å². The Labute approximate surface area is 106 Å². The van der Waals surface area contributed by atoms with Gasteiger partial charge in [0.25, 0.3) is 5.91 Å². The van der Waals surface area contributed by atoms with Gasteiger partial charge < -0.3 is 10.2 Å². The van der Waals surface area contributed by atoms with Crippen molar-refractivity contribution in [3.8, 4) is 0 Å². The minimum atomic E-state index is -0.566. The highest BCUT2D eigenvalue weighted by atomic mass is 35.5. The number of benzene rings is 1. The van der Waals surface area contributed by atoms with Crippen LogP contribution >= 0.6 is 11.6 Å². The van der Waals surface area contributed by atoms with Gasteiger partial charge >= 0.3 is 0 Å². The summed E-state index contributed by atoms with van der Waals surface area (Å²) >= 11 is 5.73. The number of halogens is 2. The summed E-state index contributed by atoms with van der Waals surface area (Å²) < 4.78 is 13.4. The number of carbonyl (C=O) groups is 1. The third-order valence-corrected chi connectivity index (χ3v) is 2.42. The molecule has 1 rings (SSSR count). The van der Waals surface area contributed by atoms with Crippen LogP contribution in [0.4, 0.5) is 4.39 Å². The Balaban J connectivity index is 2.73. The molecule has 0 saturated carbocycles. The molecule has 1 aromatic carbocycles. The summed E-state index contributed by atoms with van der Waals surface area (Å²) in [5.41, 5.74) is -0.0249. The predicted octanol–water partition coefficient (Wildman–Crippen LogP) is 2.16. The number of nitrogens with zero attached hydrogens (tertiary/aromatic N) is 1. The van der Waals surface area contributed by atoms with E-state index in [9.17, 15) is 9.18 Å². The van der Waals surface area contributed by atoms with Crippen LogP contribution in [0.5, 0.6) is 0 Å². The topological polar surface area (TPSA) is 32.3 Å². The van der Waals surface area contributed by atoms with Gasteiger partial charge in [-0.3, -0.25) is 4.79 Å². The van der Waals surface area contributed by atoms with E-state index in [4.69, 9.17) is 11.6 Å². The maximum Gasteiger partial charge on any atom is 0.254 e. The Hall–Kier alpha value is -1.13. The Morgan fingerprint density at radius 3 is 2.76 bits per heavy atom. The van der Waals surface area contributed by atoms with Crippen LogP contribution in [0, 0.1) is 5.82 Å². The average molecular weight is 259 g/mol. The number of carbonyl (C=O) groups excluding carboxylic acids is 1. The normalized spacial score (nSPS) is 12.6. The van der Waals surface area contributed by atoms with Gasteiger partial charge in [0.1, 0.15) is 5.82 Å². The Morgan fingerprint density at radius 2 is 2.18 bits per heavy atom. The van der Waals surface area contributed by atoms with Gasteiger partial charge in [-0.25, -0.2) is 4.39 Å². The van der Waals surface area contributed by atoms with Gasteiger partial charge in [0, 0.05) is 17.6 Å². The molecule has 1 unspecified atom stereocenters. The van der Waals surface area contributed by atoms with E-state index in [0.717, 1.165) is 0 Å². The molecule has 1 atom stereocenters. The lowest BCUT2D eigenvalue weighted by atomic mass is 10.2. The van der Waals surface area contributed by atoms with Crippen molar-refractivity contribution in [1.82, 2.24) is 10.2 Å². The van der Waals surface area contributed by atoms with Gasteiger partial charge in [0.15, 0.2) is 0 Å². The fraction of sp³-hybridized carbons (Fsp3) is 0.417. The predicted molar refractivity (Wildman–Crippen MR) is 66.9 cm³/mol. The molecular formula is C12H16ClFN2O. The van der Waals surface area contributed by atoms with Crippen molar-refractivity contribution in [2.45, 2.75) is 13.0 Å². The molecule has 0 bridgehead atoms. The smallest absolute Gasteiger partial charge is 0.254 e. The van der Waals surface area contributed by atoms with Crippen molar-refractivity contribution in [1.29, 1.82) is 0 Å². The summed E-state index contributed by atoms with van der Waals surface area (Å²) in [6.07, 6.45) is 0. The van der Waals surface area contributed by atoms with Gasteiger partial charge in [0.05, 0.1) is 5.56 Å². The summed E-state index contributed by atoms with van der Waals surface area (Å²) in [6.45, 7) is 2.55. The lowest BCUT2D eigenvalue weighted by Crippen LogP contribution is -2.39. The standard InChI is InChI=1S/C12H16ClFN2O/c1-8(7-16(2)3)15-12(17)10-6-9(13)4-5-11(10)14/h4-6,8H,7H2,1-3H3,(H,15,17). The van der Waals surface area contributed by atoms with E-state index in [2.05, 4.69) is 5.32 Å². The summed E-state index contributed by atoms with van der Waals surface area (Å²) in [7, 11) is 3.81. The fourth-order valence-electron chi connectivity index (χ4n) is 1.57. The third kappa shape index (κ3) is 4.32. The minimum absolute atomic E-state index is 0.0249. The molecule has 0 aliphatic rings. The molecule has 0 fully saturated rings. The summed E-state index contributed by atoms with van der Waals surface area (Å²) in [5.74, 6) is -1.01. The van der Waals surface area contributed by atoms with Gasteiger partial charge in [-0.15, -0.1) is 0 Å². The zero-order chi connectivity index (χ0) is 13.0. The van der Waals surface area contributed by atoms with Crippen molar-refractivity contribution in [3.63, 3.8) is 0 Å². The highest BCUT2D eigenvalue weighted by Crippen LogP contribution is 2.14. The average Bonchev–Trinajstić information content (AvgIpc) is 2.20. The van der Waals surface area contributed by atoms with Gasteiger partial charge in [-0.2, -0.15) is 0 Å². The Morgan fingerprint density at radius 1 is 1.53 bits per heavy atom. The fourth-order valence-corrected chi connectivity index (χ4v) is 1.74. The number of nitrogens with one attached hydrogen (secondary N) is 1. The van der Waals surface area contributed by atoms with Crippen molar-refractivity contribution >= 4 is 17.5 Å². The van der Waals surface area contributed by atoms with E-state index in [1.54, 1.807) is 0 Å². The molecule has 0 radical (unpaired) electrons. The number of hydrogen-bond acceptors (Lipinski definition) is 2. The number of amides is 1. The van der Waals surface area contributed by atoms with E-state index in [0.29, 0.717) is 11.6 Å². The molecule has 1 aromatic rings. The number of likely N-dealkylation sites (N-methyl/N-ethyl adjacent to an activating group) is 1. The van der Waals surface area contributed by atoms with Crippen LogP contribution in [0.3, 0.4) is 0 Å². The number of rotatable bonds is 4. The molecule has 0 saturated heterocycles. The summed E-state index contributed by atoms with van der Waals surface area (Å²) in [6, 6.07) is 3.87. The molecule has 1 N–H and O–H groups in total. The van der Waals surface area contributed by atoms with Crippen LogP contribution in [-0.4, -0.2) is 37.5 Å². The van der Waals surface area contributed by atoms with E-state index in [1.165, 1.54) is 18.2 Å².